The Bertz CT molecular complexity index is 2090. The third-order valence-corrected chi connectivity index (χ3v) is 9.50. The smallest absolute Gasteiger partial charge is 0.352 e. The van der Waals surface area contributed by atoms with Crippen molar-refractivity contribution in [2.75, 3.05) is 18.0 Å². The number of hydrogen-bond donors (Lipinski definition) is 1. The zero-order valence-corrected chi connectivity index (χ0v) is 26.0. The van der Waals surface area contributed by atoms with Gasteiger partial charge in [0.2, 0.25) is 5.91 Å². The van der Waals surface area contributed by atoms with Gasteiger partial charge in [0, 0.05) is 53.7 Å². The first-order valence-corrected chi connectivity index (χ1v) is 15.9. The van der Waals surface area contributed by atoms with Crippen molar-refractivity contribution in [2.24, 2.45) is 0 Å². The topological polar surface area (TPSA) is 126 Å². The minimum Gasteiger partial charge on any atom is -0.352 e. The molecule has 3 fully saturated rings. The molecule has 2 aliphatic carbocycles. The normalized spacial score (nSPS) is 20.1. The molecule has 12 heteroatoms. The second kappa shape index (κ2) is 10.5. The number of aromatic nitrogens is 7. The molecule has 8 rings (SSSR count). The number of piperazine rings is 1. The van der Waals surface area contributed by atoms with E-state index in [-0.39, 0.29) is 35.5 Å². The minimum atomic E-state index is -0.537. The molecule has 46 heavy (non-hydrogen) atoms. The lowest BCUT2D eigenvalue weighted by molar-refractivity contribution is -0.130. The number of anilines is 1. The van der Waals surface area contributed by atoms with Crippen molar-refractivity contribution in [1.82, 2.24) is 39.6 Å². The highest BCUT2D eigenvalue weighted by Gasteiger charge is 2.38. The van der Waals surface area contributed by atoms with Gasteiger partial charge in [0.05, 0.1) is 28.0 Å². The van der Waals surface area contributed by atoms with Crippen LogP contribution in [0.4, 0.5) is 10.2 Å². The van der Waals surface area contributed by atoms with Crippen molar-refractivity contribution < 1.29 is 9.18 Å². The van der Waals surface area contributed by atoms with E-state index in [2.05, 4.69) is 31.7 Å². The van der Waals surface area contributed by atoms with Gasteiger partial charge in [0.25, 0.3) is 0 Å². The third kappa shape index (κ3) is 4.49. The number of rotatable bonds is 6. The van der Waals surface area contributed by atoms with E-state index in [4.69, 9.17) is 4.98 Å². The van der Waals surface area contributed by atoms with Crippen molar-refractivity contribution in [3.8, 4) is 16.9 Å². The number of nitrogens with one attached hydrogen (secondary N) is 1. The summed E-state index contributed by atoms with van der Waals surface area (Å²) in [7, 11) is 0. The molecular weight excluding hydrogens is 585 g/mol. The van der Waals surface area contributed by atoms with Gasteiger partial charge in [-0.15, -0.1) is 0 Å². The van der Waals surface area contributed by atoms with Crippen molar-refractivity contribution in [3.63, 3.8) is 0 Å². The molecule has 1 aliphatic heterocycles. The first kappa shape index (κ1) is 28.5. The number of H-pyrrole nitrogens is 1. The molecule has 1 saturated heterocycles. The number of nitrogens with zero attached hydrogens (tertiary/aromatic N) is 8. The number of pyridine rings is 1. The summed E-state index contributed by atoms with van der Waals surface area (Å²) in [5, 5.41) is 8.54. The van der Waals surface area contributed by atoms with Crippen molar-refractivity contribution in [2.45, 2.75) is 70.4 Å². The summed E-state index contributed by atoms with van der Waals surface area (Å²) in [6, 6.07) is 6.56. The van der Waals surface area contributed by atoms with E-state index in [9.17, 15) is 9.59 Å². The summed E-state index contributed by atoms with van der Waals surface area (Å²) in [4.78, 5) is 49.7. The molecule has 0 spiro atoms. The average molecular weight is 620 g/mol. The molecule has 5 heterocycles. The van der Waals surface area contributed by atoms with E-state index in [1.807, 2.05) is 43.9 Å². The van der Waals surface area contributed by atoms with Gasteiger partial charge < -0.3 is 9.80 Å². The van der Waals surface area contributed by atoms with Crippen molar-refractivity contribution in [3.05, 3.63) is 76.6 Å². The predicted molar refractivity (Wildman–Crippen MR) is 173 cm³/mol. The number of amides is 1. The standard InChI is InChI=1S/C34H34FN9O2/c1-5-26(45)43-17(2)14-42(15-18(43)3)32-23-13-24(35)30(22-7-6-8-25-27(22)19(4)40-41-25)38-33(23)44(34(46)39-32)31-28(20-9-10-20)36-16-37-29(31)21-11-12-21/h5-8,13,16-18,20-21H,1,9-12,14-15H2,2-4H3,(H,40,41)/t17-,18+. The molecule has 5 aromatic rings. The van der Waals surface area contributed by atoms with Gasteiger partial charge in [-0.25, -0.2) is 28.7 Å². The van der Waals surface area contributed by atoms with Crippen LogP contribution in [0.3, 0.4) is 0 Å². The summed E-state index contributed by atoms with van der Waals surface area (Å²) in [6.07, 6.45) is 6.82. The van der Waals surface area contributed by atoms with E-state index in [0.29, 0.717) is 46.7 Å². The van der Waals surface area contributed by atoms with Crippen LogP contribution in [0.25, 0.3) is 38.9 Å². The van der Waals surface area contributed by atoms with E-state index < -0.39 is 11.5 Å². The zero-order chi connectivity index (χ0) is 31.9. The Labute approximate surface area is 264 Å². The number of benzene rings is 1. The molecule has 1 amide bonds. The van der Waals surface area contributed by atoms with Gasteiger partial charge in [-0.05, 0) is 64.7 Å². The molecule has 0 bridgehead atoms. The average Bonchev–Trinajstić information content (AvgIpc) is 3.98. The number of aromatic amines is 1. The zero-order valence-electron chi connectivity index (χ0n) is 26.0. The lowest BCUT2D eigenvalue weighted by Crippen LogP contribution is -2.58. The number of hydrogen-bond acceptors (Lipinski definition) is 8. The lowest BCUT2D eigenvalue weighted by Gasteiger charge is -2.44. The molecule has 0 unspecified atom stereocenters. The number of halogens is 1. The van der Waals surface area contributed by atoms with Crippen molar-refractivity contribution >= 4 is 33.7 Å². The van der Waals surface area contributed by atoms with Crippen LogP contribution < -0.4 is 10.6 Å². The molecule has 2 saturated carbocycles. The van der Waals surface area contributed by atoms with Crippen LogP contribution in [-0.4, -0.2) is 70.7 Å². The summed E-state index contributed by atoms with van der Waals surface area (Å²) in [5.41, 5.74) is 4.22. The first-order valence-electron chi connectivity index (χ1n) is 15.9. The highest BCUT2D eigenvalue weighted by molar-refractivity contribution is 5.98. The molecule has 2 atom stereocenters. The predicted octanol–water partition coefficient (Wildman–Crippen LogP) is 4.93. The largest absolute Gasteiger partial charge is 0.355 e. The number of carbonyl (C=O) groups excluding carboxylic acids is 1. The quantitative estimate of drug-likeness (QED) is 0.265. The van der Waals surface area contributed by atoms with Gasteiger partial charge in [-0.3, -0.25) is 9.89 Å². The molecule has 1 N–H and O–H groups in total. The van der Waals surface area contributed by atoms with Crippen LogP contribution in [0.1, 0.15) is 68.4 Å². The highest BCUT2D eigenvalue weighted by atomic mass is 19.1. The maximum absolute atomic E-state index is 16.4. The minimum absolute atomic E-state index is 0.119. The van der Waals surface area contributed by atoms with Crippen LogP contribution in [0.2, 0.25) is 0 Å². The molecule has 3 aliphatic rings. The fourth-order valence-corrected chi connectivity index (χ4v) is 7.14. The Morgan fingerprint density at radius 3 is 2.35 bits per heavy atom. The van der Waals surface area contributed by atoms with Gasteiger partial charge >= 0.3 is 5.69 Å². The van der Waals surface area contributed by atoms with Gasteiger partial charge in [0.1, 0.15) is 23.7 Å². The van der Waals surface area contributed by atoms with Gasteiger partial charge in [-0.2, -0.15) is 10.1 Å². The first-order chi connectivity index (χ1) is 22.2. The molecule has 234 valence electrons. The van der Waals surface area contributed by atoms with Gasteiger partial charge in [-0.1, -0.05) is 18.7 Å². The van der Waals surface area contributed by atoms with E-state index >= 15 is 4.39 Å². The third-order valence-electron chi connectivity index (χ3n) is 9.50. The Morgan fingerprint density at radius 1 is 1.04 bits per heavy atom. The second-order valence-corrected chi connectivity index (χ2v) is 12.9. The van der Waals surface area contributed by atoms with E-state index in [1.54, 1.807) is 11.2 Å². The molecule has 1 aromatic carbocycles. The lowest BCUT2D eigenvalue weighted by atomic mass is 10.0. The summed E-state index contributed by atoms with van der Waals surface area (Å²) in [5.74, 6) is 0.0880. The summed E-state index contributed by atoms with van der Waals surface area (Å²) >= 11 is 0. The van der Waals surface area contributed by atoms with E-state index in [0.717, 1.165) is 48.2 Å². The maximum Gasteiger partial charge on any atom is 0.355 e. The monoisotopic (exact) mass is 619 g/mol. The fourth-order valence-electron chi connectivity index (χ4n) is 7.14. The Kier molecular flexibility index (Phi) is 6.52. The Hall–Kier alpha value is -5.00. The van der Waals surface area contributed by atoms with Crippen LogP contribution in [0.5, 0.6) is 0 Å². The molecular formula is C34H34FN9O2. The Morgan fingerprint density at radius 2 is 1.72 bits per heavy atom. The molecule has 4 aromatic heterocycles. The number of fused-ring (bicyclic) bond motifs is 2. The summed E-state index contributed by atoms with van der Waals surface area (Å²) < 4.78 is 18.0. The highest BCUT2D eigenvalue weighted by Crippen LogP contribution is 2.47. The fraction of sp³-hybridized carbons (Fsp3) is 0.382. The van der Waals surface area contributed by atoms with E-state index in [1.165, 1.54) is 16.7 Å². The van der Waals surface area contributed by atoms with Crippen LogP contribution in [0.15, 0.2) is 48.0 Å². The molecule has 11 nitrogen and oxygen atoms in total. The van der Waals surface area contributed by atoms with Gasteiger partial charge in [0.15, 0.2) is 5.65 Å². The number of aryl methyl sites for hydroxylation is 1. The number of carbonyl (C=O) groups is 1. The van der Waals surface area contributed by atoms with Crippen LogP contribution in [0, 0.1) is 12.7 Å². The second-order valence-electron chi connectivity index (χ2n) is 12.9. The van der Waals surface area contributed by atoms with Crippen molar-refractivity contribution in [1.29, 1.82) is 0 Å². The molecule has 0 radical (unpaired) electrons. The maximum atomic E-state index is 16.4. The van der Waals surface area contributed by atoms with Crippen LogP contribution >= 0.6 is 0 Å². The summed E-state index contributed by atoms with van der Waals surface area (Å²) in [6.45, 7) is 10.3. The Balaban J connectivity index is 1.40. The van der Waals surface area contributed by atoms with Crippen LogP contribution in [-0.2, 0) is 4.79 Å². The SMILES string of the molecule is C=CC(=O)N1[C@H](C)CN(c2nc(=O)n(-c3c(C4CC4)ncnc3C3CC3)c3nc(-c4cccc5n[nH]c(C)c45)c(F)cc23)C[C@@H]1C.